The molecule has 0 radical (unpaired) electrons. The van der Waals surface area contributed by atoms with Crippen molar-refractivity contribution in [3.05, 3.63) is 69.1 Å². The third kappa shape index (κ3) is 2.11. The first-order chi connectivity index (χ1) is 9.16. The normalized spacial score (nSPS) is 10.8. The van der Waals surface area contributed by atoms with E-state index in [0.29, 0.717) is 21.1 Å². The van der Waals surface area contributed by atoms with Gasteiger partial charge in [-0.2, -0.15) is 9.78 Å². The molecule has 0 saturated heterocycles. The molecule has 1 aromatic heterocycles. The van der Waals surface area contributed by atoms with Gasteiger partial charge in [0.05, 0.1) is 22.3 Å². The highest BCUT2D eigenvalue weighted by Crippen LogP contribution is 2.23. The first kappa shape index (κ1) is 12.2. The Morgan fingerprint density at radius 3 is 2.68 bits per heavy atom. The average Bonchev–Trinajstić information content (AvgIpc) is 2.43. The van der Waals surface area contributed by atoms with Crippen molar-refractivity contribution in [1.29, 1.82) is 0 Å². The Hall–Kier alpha value is -1.84. The molecular weight excluding hydrogens is 283 g/mol. The molecule has 0 fully saturated rings. The van der Waals surface area contributed by atoms with Gasteiger partial charge in [0.2, 0.25) is 0 Å². The van der Waals surface area contributed by atoms with Gasteiger partial charge in [-0.15, -0.1) is 0 Å². The minimum absolute atomic E-state index is 0.220. The summed E-state index contributed by atoms with van der Waals surface area (Å²) in [4.78, 5) is 12.4. The van der Waals surface area contributed by atoms with Crippen molar-refractivity contribution in [2.45, 2.75) is 0 Å². The lowest BCUT2D eigenvalue weighted by molar-refractivity contribution is 0.821. The molecule has 0 N–H and O–H groups in total. The van der Waals surface area contributed by atoms with E-state index in [-0.39, 0.29) is 5.56 Å². The lowest BCUT2D eigenvalue weighted by Crippen LogP contribution is -2.21. The van der Waals surface area contributed by atoms with Crippen molar-refractivity contribution in [3.8, 4) is 5.69 Å². The Balaban J connectivity index is 2.35. The van der Waals surface area contributed by atoms with Gasteiger partial charge in [0.1, 0.15) is 0 Å². The summed E-state index contributed by atoms with van der Waals surface area (Å²) in [6, 6.07) is 12.2. The van der Waals surface area contributed by atoms with Gasteiger partial charge in [0.15, 0.2) is 0 Å². The second kappa shape index (κ2) is 4.68. The molecule has 0 aliphatic carbocycles. The summed E-state index contributed by atoms with van der Waals surface area (Å²) in [5.74, 6) is 0. The first-order valence-corrected chi connectivity index (χ1v) is 6.35. The van der Waals surface area contributed by atoms with Gasteiger partial charge in [-0.05, 0) is 24.3 Å². The zero-order valence-electron chi connectivity index (χ0n) is 9.68. The van der Waals surface area contributed by atoms with Gasteiger partial charge < -0.3 is 0 Å². The highest BCUT2D eigenvalue weighted by atomic mass is 35.5. The molecule has 0 unspecified atom stereocenters. The second-order valence-corrected chi connectivity index (χ2v) is 4.89. The summed E-state index contributed by atoms with van der Waals surface area (Å²) in [5, 5.41) is 6.45. The van der Waals surface area contributed by atoms with Crippen molar-refractivity contribution in [2.24, 2.45) is 0 Å². The third-order valence-corrected chi connectivity index (χ3v) is 3.39. The number of rotatable bonds is 1. The highest BCUT2D eigenvalue weighted by Gasteiger charge is 2.09. The largest absolute Gasteiger partial charge is 0.279 e. The van der Waals surface area contributed by atoms with Crippen LogP contribution in [0.1, 0.15) is 0 Å². The van der Waals surface area contributed by atoms with Crippen LogP contribution < -0.4 is 5.56 Å². The second-order valence-electron chi connectivity index (χ2n) is 4.04. The summed E-state index contributed by atoms with van der Waals surface area (Å²) in [7, 11) is 0. The highest BCUT2D eigenvalue weighted by molar-refractivity contribution is 6.34. The smallest absolute Gasteiger partial charge is 0.267 e. The van der Waals surface area contributed by atoms with Crippen LogP contribution in [0.15, 0.2) is 53.5 Å². The molecule has 19 heavy (non-hydrogen) atoms. The van der Waals surface area contributed by atoms with Crippen LogP contribution >= 0.6 is 23.2 Å². The van der Waals surface area contributed by atoms with E-state index in [1.807, 2.05) is 18.2 Å². The molecule has 2 aromatic carbocycles. The Morgan fingerprint density at radius 2 is 1.84 bits per heavy atom. The lowest BCUT2D eigenvalue weighted by atomic mass is 10.2. The van der Waals surface area contributed by atoms with Gasteiger partial charge in [-0.3, -0.25) is 4.79 Å². The van der Waals surface area contributed by atoms with Crippen LogP contribution in [0, 0.1) is 0 Å². The number of aromatic nitrogens is 2. The predicted molar refractivity (Wildman–Crippen MR) is 77.4 cm³/mol. The standard InChI is InChI=1S/C14H8Cl2N2O/c15-10-5-6-12(16)13(7-10)18-14(19)11-4-2-1-3-9(11)8-17-18/h1-8H. The van der Waals surface area contributed by atoms with Crippen LogP contribution in [0.4, 0.5) is 0 Å². The fourth-order valence-corrected chi connectivity index (χ4v) is 2.27. The lowest BCUT2D eigenvalue weighted by Gasteiger charge is -2.08. The molecule has 3 rings (SSSR count). The molecule has 0 spiro atoms. The van der Waals surface area contributed by atoms with E-state index in [1.54, 1.807) is 30.5 Å². The first-order valence-electron chi connectivity index (χ1n) is 5.59. The summed E-state index contributed by atoms with van der Waals surface area (Å²) < 4.78 is 1.26. The van der Waals surface area contributed by atoms with Crippen LogP contribution in [0.3, 0.4) is 0 Å². The number of nitrogens with zero attached hydrogens (tertiary/aromatic N) is 2. The molecule has 0 atom stereocenters. The Labute approximate surface area is 119 Å². The van der Waals surface area contributed by atoms with Crippen molar-refractivity contribution in [2.75, 3.05) is 0 Å². The minimum Gasteiger partial charge on any atom is -0.267 e. The molecule has 1 heterocycles. The monoisotopic (exact) mass is 290 g/mol. The molecule has 0 saturated carbocycles. The van der Waals surface area contributed by atoms with Crippen molar-refractivity contribution < 1.29 is 0 Å². The van der Waals surface area contributed by atoms with E-state index in [4.69, 9.17) is 23.2 Å². The summed E-state index contributed by atoms with van der Waals surface area (Å²) in [6.45, 7) is 0. The quantitative estimate of drug-likeness (QED) is 0.685. The molecule has 0 bridgehead atoms. The molecule has 5 heteroatoms. The van der Waals surface area contributed by atoms with Gasteiger partial charge >= 0.3 is 0 Å². The molecular formula is C14H8Cl2N2O. The summed E-state index contributed by atoms with van der Waals surface area (Å²) in [6.07, 6.45) is 1.63. The molecule has 0 amide bonds. The molecule has 94 valence electrons. The molecule has 0 aliphatic heterocycles. The van der Waals surface area contributed by atoms with Crippen LogP contribution in [-0.4, -0.2) is 9.78 Å². The number of halogens is 2. The van der Waals surface area contributed by atoms with E-state index in [9.17, 15) is 4.79 Å². The molecule has 3 nitrogen and oxygen atoms in total. The maximum Gasteiger partial charge on any atom is 0.279 e. The van der Waals surface area contributed by atoms with Crippen LogP contribution in [-0.2, 0) is 0 Å². The average molecular weight is 291 g/mol. The maximum atomic E-state index is 12.4. The van der Waals surface area contributed by atoms with Crippen molar-refractivity contribution in [3.63, 3.8) is 0 Å². The topological polar surface area (TPSA) is 34.9 Å². The number of hydrogen-bond acceptors (Lipinski definition) is 2. The van der Waals surface area contributed by atoms with Gasteiger partial charge in [0, 0.05) is 10.4 Å². The SMILES string of the molecule is O=c1c2ccccc2cnn1-c1cc(Cl)ccc1Cl. The molecule has 0 aliphatic rings. The molecule has 3 aromatic rings. The summed E-state index contributed by atoms with van der Waals surface area (Å²) in [5.41, 5.74) is 0.257. The van der Waals surface area contributed by atoms with Crippen molar-refractivity contribution in [1.82, 2.24) is 9.78 Å². The van der Waals surface area contributed by atoms with Gasteiger partial charge in [-0.1, -0.05) is 41.4 Å². The maximum absolute atomic E-state index is 12.4. The zero-order valence-corrected chi connectivity index (χ0v) is 11.2. The van der Waals surface area contributed by atoms with Crippen LogP contribution in [0.2, 0.25) is 10.0 Å². The summed E-state index contributed by atoms with van der Waals surface area (Å²) >= 11 is 12.0. The van der Waals surface area contributed by atoms with E-state index in [1.165, 1.54) is 4.68 Å². The Bertz CT molecular complexity index is 827. The van der Waals surface area contributed by atoms with Gasteiger partial charge in [-0.25, -0.2) is 0 Å². The van der Waals surface area contributed by atoms with Crippen molar-refractivity contribution >= 4 is 34.0 Å². The van der Waals surface area contributed by atoms with E-state index >= 15 is 0 Å². The fraction of sp³-hybridized carbons (Fsp3) is 0. The third-order valence-electron chi connectivity index (χ3n) is 2.83. The number of hydrogen-bond donors (Lipinski definition) is 0. The Morgan fingerprint density at radius 1 is 1.05 bits per heavy atom. The van der Waals surface area contributed by atoms with E-state index in [2.05, 4.69) is 5.10 Å². The van der Waals surface area contributed by atoms with E-state index < -0.39 is 0 Å². The Kier molecular flexibility index (Phi) is 3.01. The van der Waals surface area contributed by atoms with Crippen LogP contribution in [0.5, 0.6) is 0 Å². The fourth-order valence-electron chi connectivity index (χ4n) is 1.91. The predicted octanol–water partition coefficient (Wildman–Crippen LogP) is 3.69. The van der Waals surface area contributed by atoms with Gasteiger partial charge in [0.25, 0.3) is 5.56 Å². The van der Waals surface area contributed by atoms with E-state index in [0.717, 1.165) is 5.39 Å². The zero-order chi connectivity index (χ0) is 13.4. The van der Waals surface area contributed by atoms with Crippen LogP contribution in [0.25, 0.3) is 16.5 Å². The number of fused-ring (bicyclic) bond motifs is 1. The minimum atomic E-state index is -0.220. The number of benzene rings is 2.